The van der Waals surface area contributed by atoms with Crippen LogP contribution >= 0.6 is 11.6 Å². The first kappa shape index (κ1) is 14.4. The molecule has 0 radical (unpaired) electrons. The Morgan fingerprint density at radius 2 is 2.06 bits per heavy atom. The summed E-state index contributed by atoms with van der Waals surface area (Å²) in [6.45, 7) is 5.65. The van der Waals surface area contributed by atoms with Crippen molar-refractivity contribution < 1.29 is 4.39 Å². The molecular weight excluding hydrogens is 239 g/mol. The normalized spacial score (nSPS) is 13.0. The molecule has 0 saturated carbocycles. The van der Waals surface area contributed by atoms with Gasteiger partial charge in [0, 0.05) is 24.7 Å². The van der Waals surface area contributed by atoms with E-state index >= 15 is 0 Å². The molecule has 1 heterocycles. The van der Waals surface area contributed by atoms with E-state index in [-0.39, 0.29) is 11.2 Å². The molecule has 0 aromatic carbocycles. The number of nitrogens with zero attached hydrogens (tertiary/aromatic N) is 1. The molecule has 1 atom stereocenters. The Hall–Kier alpha value is -0.670. The van der Waals surface area contributed by atoms with E-state index in [1.807, 2.05) is 0 Å². The Balaban J connectivity index is 2.32. The standard InChI is InChI=1S/C13H20ClFN2/c1-3-11(4-2)13(14)9-17-7-10-5-12(15)8-16-6-10/h5-6,8,11,13,17H,3-4,7,9H2,1-2H3. The van der Waals surface area contributed by atoms with Gasteiger partial charge in [0.05, 0.1) is 6.20 Å². The number of alkyl halides is 1. The van der Waals surface area contributed by atoms with Gasteiger partial charge in [-0.1, -0.05) is 26.7 Å². The molecule has 1 N–H and O–H groups in total. The number of hydrogen-bond acceptors (Lipinski definition) is 2. The maximum absolute atomic E-state index is 12.9. The van der Waals surface area contributed by atoms with E-state index < -0.39 is 0 Å². The number of pyridine rings is 1. The lowest BCUT2D eigenvalue weighted by molar-refractivity contribution is 0.446. The average Bonchev–Trinajstić information content (AvgIpc) is 2.30. The van der Waals surface area contributed by atoms with E-state index in [4.69, 9.17) is 11.6 Å². The van der Waals surface area contributed by atoms with E-state index in [0.717, 1.165) is 24.9 Å². The maximum atomic E-state index is 12.9. The predicted octanol–water partition coefficient (Wildman–Crippen LogP) is 3.35. The van der Waals surface area contributed by atoms with Crippen molar-refractivity contribution in [3.8, 4) is 0 Å². The zero-order chi connectivity index (χ0) is 12.7. The molecule has 1 unspecified atom stereocenters. The van der Waals surface area contributed by atoms with Crippen molar-refractivity contribution >= 4 is 11.6 Å². The van der Waals surface area contributed by atoms with Crippen molar-refractivity contribution in [2.45, 2.75) is 38.6 Å². The van der Waals surface area contributed by atoms with Crippen LogP contribution in [-0.4, -0.2) is 16.9 Å². The molecule has 0 aliphatic carbocycles. The first-order valence-electron chi connectivity index (χ1n) is 6.11. The van der Waals surface area contributed by atoms with Crippen LogP contribution in [-0.2, 0) is 6.54 Å². The number of halogens is 2. The topological polar surface area (TPSA) is 24.9 Å². The molecule has 1 rings (SSSR count). The molecule has 0 bridgehead atoms. The SMILES string of the molecule is CCC(CC)C(Cl)CNCc1cncc(F)c1. The Bertz CT molecular complexity index is 329. The highest BCUT2D eigenvalue weighted by Gasteiger charge is 2.14. The summed E-state index contributed by atoms with van der Waals surface area (Å²) in [7, 11) is 0. The first-order valence-corrected chi connectivity index (χ1v) is 6.55. The molecule has 1 aromatic heterocycles. The zero-order valence-corrected chi connectivity index (χ0v) is 11.2. The van der Waals surface area contributed by atoms with Gasteiger partial charge in [-0.2, -0.15) is 0 Å². The third kappa shape index (κ3) is 5.00. The summed E-state index contributed by atoms with van der Waals surface area (Å²) in [6, 6.07) is 1.49. The summed E-state index contributed by atoms with van der Waals surface area (Å²) in [5.74, 6) is 0.238. The lowest BCUT2D eigenvalue weighted by atomic mass is 9.99. The zero-order valence-electron chi connectivity index (χ0n) is 10.4. The molecule has 0 spiro atoms. The number of aromatic nitrogens is 1. The predicted molar refractivity (Wildman–Crippen MR) is 69.6 cm³/mol. The molecule has 1 aromatic rings. The van der Waals surface area contributed by atoms with Crippen LogP contribution in [0.4, 0.5) is 4.39 Å². The molecular formula is C13H20ClFN2. The highest BCUT2D eigenvalue weighted by Crippen LogP contribution is 2.17. The van der Waals surface area contributed by atoms with Crippen molar-refractivity contribution in [3.63, 3.8) is 0 Å². The fourth-order valence-corrected chi connectivity index (χ4v) is 2.34. The van der Waals surface area contributed by atoms with Crippen LogP contribution in [0.25, 0.3) is 0 Å². The van der Waals surface area contributed by atoms with Crippen molar-refractivity contribution in [2.24, 2.45) is 5.92 Å². The summed E-state index contributed by atoms with van der Waals surface area (Å²) >= 11 is 6.29. The van der Waals surface area contributed by atoms with E-state index in [2.05, 4.69) is 24.1 Å². The minimum Gasteiger partial charge on any atom is -0.311 e. The van der Waals surface area contributed by atoms with Gasteiger partial charge in [-0.3, -0.25) is 4.98 Å². The smallest absolute Gasteiger partial charge is 0.141 e. The van der Waals surface area contributed by atoms with Gasteiger partial charge in [0.15, 0.2) is 0 Å². The summed E-state index contributed by atoms with van der Waals surface area (Å²) < 4.78 is 12.9. The summed E-state index contributed by atoms with van der Waals surface area (Å²) in [5, 5.41) is 3.37. The molecule has 4 heteroatoms. The Morgan fingerprint density at radius 3 is 2.65 bits per heavy atom. The molecule has 2 nitrogen and oxygen atoms in total. The Morgan fingerprint density at radius 1 is 1.35 bits per heavy atom. The third-order valence-corrected chi connectivity index (χ3v) is 3.50. The second-order valence-corrected chi connectivity index (χ2v) is 4.80. The summed E-state index contributed by atoms with van der Waals surface area (Å²) in [6.07, 6.45) is 5.05. The third-order valence-electron chi connectivity index (χ3n) is 2.99. The fourth-order valence-electron chi connectivity index (χ4n) is 1.87. The minimum atomic E-state index is -0.299. The Kier molecular flexibility index (Phi) is 6.45. The fraction of sp³-hybridized carbons (Fsp3) is 0.615. The lowest BCUT2D eigenvalue weighted by Crippen LogP contribution is -2.28. The quantitative estimate of drug-likeness (QED) is 0.759. The Labute approximate surface area is 108 Å². The average molecular weight is 259 g/mol. The van der Waals surface area contributed by atoms with Crippen molar-refractivity contribution in [1.82, 2.24) is 10.3 Å². The first-order chi connectivity index (χ1) is 8.17. The van der Waals surface area contributed by atoms with Gasteiger partial charge >= 0.3 is 0 Å². The second kappa shape index (κ2) is 7.62. The van der Waals surface area contributed by atoms with Crippen LogP contribution < -0.4 is 5.32 Å². The monoisotopic (exact) mass is 258 g/mol. The molecule has 17 heavy (non-hydrogen) atoms. The van der Waals surface area contributed by atoms with Gasteiger partial charge in [0.2, 0.25) is 0 Å². The molecule has 0 aliphatic rings. The van der Waals surface area contributed by atoms with Gasteiger partial charge in [0.25, 0.3) is 0 Å². The molecule has 0 aliphatic heterocycles. The van der Waals surface area contributed by atoms with Gasteiger partial charge in [0.1, 0.15) is 5.82 Å². The molecule has 0 fully saturated rings. The lowest BCUT2D eigenvalue weighted by Gasteiger charge is -2.19. The van der Waals surface area contributed by atoms with Crippen molar-refractivity contribution in [2.75, 3.05) is 6.54 Å². The minimum absolute atomic E-state index is 0.131. The number of rotatable bonds is 7. The van der Waals surface area contributed by atoms with Crippen LogP contribution in [0.3, 0.4) is 0 Å². The van der Waals surface area contributed by atoms with Crippen LogP contribution in [0.1, 0.15) is 32.3 Å². The molecule has 96 valence electrons. The van der Waals surface area contributed by atoms with Crippen molar-refractivity contribution in [3.05, 3.63) is 29.8 Å². The van der Waals surface area contributed by atoms with E-state index in [9.17, 15) is 4.39 Å². The number of nitrogens with one attached hydrogen (secondary N) is 1. The van der Waals surface area contributed by atoms with E-state index in [0.29, 0.717) is 12.5 Å². The second-order valence-electron chi connectivity index (χ2n) is 4.23. The molecule has 0 amide bonds. The van der Waals surface area contributed by atoms with Crippen LogP contribution in [0.2, 0.25) is 0 Å². The van der Waals surface area contributed by atoms with Gasteiger partial charge in [-0.15, -0.1) is 11.6 Å². The van der Waals surface area contributed by atoms with Gasteiger partial charge in [-0.25, -0.2) is 4.39 Å². The van der Waals surface area contributed by atoms with Crippen LogP contribution in [0, 0.1) is 11.7 Å². The van der Waals surface area contributed by atoms with Gasteiger partial charge < -0.3 is 5.32 Å². The summed E-state index contributed by atoms with van der Waals surface area (Å²) in [4.78, 5) is 3.80. The largest absolute Gasteiger partial charge is 0.311 e. The molecule has 0 saturated heterocycles. The van der Waals surface area contributed by atoms with E-state index in [1.165, 1.54) is 12.3 Å². The van der Waals surface area contributed by atoms with Gasteiger partial charge in [-0.05, 0) is 17.5 Å². The maximum Gasteiger partial charge on any atom is 0.141 e. The van der Waals surface area contributed by atoms with Crippen molar-refractivity contribution in [1.29, 1.82) is 0 Å². The highest BCUT2D eigenvalue weighted by atomic mass is 35.5. The number of hydrogen-bond donors (Lipinski definition) is 1. The van der Waals surface area contributed by atoms with Crippen LogP contribution in [0.5, 0.6) is 0 Å². The van der Waals surface area contributed by atoms with E-state index in [1.54, 1.807) is 6.20 Å². The van der Waals surface area contributed by atoms with Crippen LogP contribution in [0.15, 0.2) is 18.5 Å². The summed E-state index contributed by atoms with van der Waals surface area (Å²) in [5.41, 5.74) is 0.846. The highest BCUT2D eigenvalue weighted by molar-refractivity contribution is 6.21.